The van der Waals surface area contributed by atoms with Crippen molar-refractivity contribution in [2.24, 2.45) is 0 Å². The smallest absolute Gasteiger partial charge is 0.251 e. The monoisotopic (exact) mass is 442 g/mol. The van der Waals surface area contributed by atoms with Gasteiger partial charge >= 0.3 is 0 Å². The van der Waals surface area contributed by atoms with Crippen LogP contribution in [0, 0.1) is 0 Å². The fourth-order valence-corrected chi connectivity index (χ4v) is 4.27. The standard InChI is InChI=1S/C28H30N2O3/c1-2-26(21-9-5-3-6-10-21)28(32)30-19-17-23(18-20-30)29-27(31)22-13-15-25(16-14-22)33-24-11-7-4-8-12-24/h3-16,23,26H,2,17-20H2,1H3,(H,29,31). The molecule has 0 bridgehead atoms. The van der Waals surface area contributed by atoms with Crippen LogP contribution in [0.5, 0.6) is 11.5 Å². The predicted octanol–water partition coefficient (Wildman–Crippen LogP) is 5.39. The van der Waals surface area contributed by atoms with Crippen molar-refractivity contribution in [3.8, 4) is 11.5 Å². The van der Waals surface area contributed by atoms with Crippen LogP contribution in [0.3, 0.4) is 0 Å². The molecule has 5 nitrogen and oxygen atoms in total. The van der Waals surface area contributed by atoms with Gasteiger partial charge in [0.15, 0.2) is 0 Å². The molecule has 33 heavy (non-hydrogen) atoms. The number of likely N-dealkylation sites (tertiary alicyclic amines) is 1. The Kier molecular flexibility index (Phi) is 7.40. The summed E-state index contributed by atoms with van der Waals surface area (Å²) in [5.74, 6) is 1.43. The Morgan fingerprint density at radius 2 is 1.45 bits per heavy atom. The van der Waals surface area contributed by atoms with Gasteiger partial charge in [0.05, 0.1) is 5.92 Å². The first-order valence-corrected chi connectivity index (χ1v) is 11.6. The zero-order valence-electron chi connectivity index (χ0n) is 18.9. The minimum atomic E-state index is -0.103. The predicted molar refractivity (Wildman–Crippen MR) is 130 cm³/mol. The van der Waals surface area contributed by atoms with Crippen molar-refractivity contribution in [1.82, 2.24) is 10.2 Å². The molecule has 1 heterocycles. The molecule has 1 atom stereocenters. The molecule has 4 rings (SSSR count). The third kappa shape index (κ3) is 5.80. The third-order valence-corrected chi connectivity index (χ3v) is 6.15. The van der Waals surface area contributed by atoms with Gasteiger partial charge in [-0.1, -0.05) is 55.5 Å². The fraction of sp³-hybridized carbons (Fsp3) is 0.286. The summed E-state index contributed by atoms with van der Waals surface area (Å²) in [6.45, 7) is 3.38. The van der Waals surface area contributed by atoms with E-state index in [2.05, 4.69) is 12.2 Å². The molecule has 1 aliphatic heterocycles. The van der Waals surface area contributed by atoms with Crippen LogP contribution in [0.4, 0.5) is 0 Å². The van der Waals surface area contributed by atoms with Crippen LogP contribution >= 0.6 is 0 Å². The second-order valence-corrected chi connectivity index (χ2v) is 8.38. The van der Waals surface area contributed by atoms with E-state index in [0.717, 1.165) is 30.6 Å². The molecule has 0 spiro atoms. The lowest BCUT2D eigenvalue weighted by Gasteiger charge is -2.34. The summed E-state index contributed by atoms with van der Waals surface area (Å²) >= 11 is 0. The number of ether oxygens (including phenoxy) is 1. The van der Waals surface area contributed by atoms with Crippen LogP contribution in [0.25, 0.3) is 0 Å². The summed E-state index contributed by atoms with van der Waals surface area (Å²) < 4.78 is 5.79. The number of nitrogens with one attached hydrogen (secondary N) is 1. The van der Waals surface area contributed by atoms with Gasteiger partial charge in [0.2, 0.25) is 5.91 Å². The normalized spacial score (nSPS) is 15.0. The Morgan fingerprint density at radius 3 is 2.06 bits per heavy atom. The average Bonchev–Trinajstić information content (AvgIpc) is 2.86. The van der Waals surface area contributed by atoms with E-state index in [9.17, 15) is 9.59 Å². The van der Waals surface area contributed by atoms with Crippen molar-refractivity contribution in [3.63, 3.8) is 0 Å². The molecule has 2 amide bonds. The van der Waals surface area contributed by atoms with Gasteiger partial charge in [-0.15, -0.1) is 0 Å². The Labute approximate surface area is 195 Å². The summed E-state index contributed by atoms with van der Waals surface area (Å²) in [7, 11) is 0. The maximum absolute atomic E-state index is 13.1. The molecule has 3 aromatic rings. The number of hydrogen-bond donors (Lipinski definition) is 1. The highest BCUT2D eigenvalue weighted by atomic mass is 16.5. The van der Waals surface area contributed by atoms with E-state index in [1.54, 1.807) is 24.3 Å². The van der Waals surface area contributed by atoms with Crippen molar-refractivity contribution in [2.45, 2.75) is 38.1 Å². The van der Waals surface area contributed by atoms with Gasteiger partial charge in [-0.05, 0) is 61.2 Å². The van der Waals surface area contributed by atoms with Gasteiger partial charge in [-0.25, -0.2) is 0 Å². The molecule has 1 fully saturated rings. The van der Waals surface area contributed by atoms with Crippen LogP contribution < -0.4 is 10.1 Å². The number of carbonyl (C=O) groups is 2. The summed E-state index contributed by atoms with van der Waals surface area (Å²) in [5.41, 5.74) is 1.67. The molecule has 5 heteroatoms. The zero-order valence-corrected chi connectivity index (χ0v) is 18.9. The number of rotatable bonds is 7. The molecule has 1 N–H and O–H groups in total. The molecule has 0 aromatic heterocycles. The first-order valence-electron chi connectivity index (χ1n) is 11.6. The SMILES string of the molecule is CCC(C(=O)N1CCC(NC(=O)c2ccc(Oc3ccccc3)cc2)CC1)c1ccccc1. The van der Waals surface area contributed by atoms with Crippen LogP contribution in [-0.2, 0) is 4.79 Å². The highest BCUT2D eigenvalue weighted by molar-refractivity contribution is 5.94. The summed E-state index contributed by atoms with van der Waals surface area (Å²) in [6.07, 6.45) is 2.30. The largest absolute Gasteiger partial charge is 0.457 e. The van der Waals surface area contributed by atoms with Crippen molar-refractivity contribution < 1.29 is 14.3 Å². The molecule has 0 saturated carbocycles. The fourth-order valence-electron chi connectivity index (χ4n) is 4.27. The second-order valence-electron chi connectivity index (χ2n) is 8.38. The lowest BCUT2D eigenvalue weighted by atomic mass is 9.93. The van der Waals surface area contributed by atoms with Crippen molar-refractivity contribution in [2.75, 3.05) is 13.1 Å². The minimum absolute atomic E-state index is 0.0681. The minimum Gasteiger partial charge on any atom is -0.457 e. The molecule has 3 aromatic carbocycles. The lowest BCUT2D eigenvalue weighted by molar-refractivity contribution is -0.134. The molecule has 0 radical (unpaired) electrons. The molecule has 0 aliphatic carbocycles. The highest BCUT2D eigenvalue weighted by Crippen LogP contribution is 2.25. The number of carbonyl (C=O) groups excluding carboxylic acids is 2. The highest BCUT2D eigenvalue weighted by Gasteiger charge is 2.28. The molecule has 1 aliphatic rings. The maximum atomic E-state index is 13.1. The van der Waals surface area contributed by atoms with Gasteiger partial charge < -0.3 is 15.0 Å². The average molecular weight is 443 g/mol. The van der Waals surface area contributed by atoms with Gasteiger partial charge in [0.25, 0.3) is 5.91 Å². The third-order valence-electron chi connectivity index (χ3n) is 6.15. The topological polar surface area (TPSA) is 58.6 Å². The van der Waals surface area contributed by atoms with Crippen LogP contribution in [0.2, 0.25) is 0 Å². The van der Waals surface area contributed by atoms with Gasteiger partial charge in [0, 0.05) is 24.7 Å². The van der Waals surface area contributed by atoms with Gasteiger partial charge in [-0.2, -0.15) is 0 Å². The Balaban J connectivity index is 1.28. The summed E-state index contributed by atoms with van der Waals surface area (Å²) in [5, 5.41) is 3.12. The number of amides is 2. The Hall–Kier alpha value is -3.60. The quantitative estimate of drug-likeness (QED) is 0.533. The second kappa shape index (κ2) is 10.8. The molecular formula is C28H30N2O3. The van der Waals surface area contributed by atoms with Crippen LogP contribution in [0.15, 0.2) is 84.9 Å². The van der Waals surface area contributed by atoms with E-state index in [4.69, 9.17) is 4.74 Å². The van der Waals surface area contributed by atoms with Crippen LogP contribution in [-0.4, -0.2) is 35.8 Å². The van der Waals surface area contributed by atoms with Gasteiger partial charge in [-0.3, -0.25) is 9.59 Å². The van der Waals surface area contributed by atoms with E-state index in [-0.39, 0.29) is 23.8 Å². The Morgan fingerprint density at radius 1 is 0.879 bits per heavy atom. The summed E-state index contributed by atoms with van der Waals surface area (Å²) in [6, 6.07) is 26.8. The van der Waals surface area contributed by atoms with E-state index < -0.39 is 0 Å². The number of para-hydroxylation sites is 1. The lowest BCUT2D eigenvalue weighted by Crippen LogP contribution is -2.47. The molecular weight excluding hydrogens is 412 g/mol. The van der Waals surface area contributed by atoms with Crippen molar-refractivity contribution >= 4 is 11.8 Å². The molecule has 1 unspecified atom stereocenters. The molecule has 1 saturated heterocycles. The van der Waals surface area contributed by atoms with Crippen molar-refractivity contribution in [3.05, 3.63) is 96.1 Å². The maximum Gasteiger partial charge on any atom is 0.251 e. The van der Waals surface area contributed by atoms with E-state index in [1.165, 1.54) is 0 Å². The van der Waals surface area contributed by atoms with Gasteiger partial charge in [0.1, 0.15) is 11.5 Å². The van der Waals surface area contributed by atoms with Crippen molar-refractivity contribution in [1.29, 1.82) is 0 Å². The van der Waals surface area contributed by atoms with E-state index in [1.807, 2.05) is 65.6 Å². The summed E-state index contributed by atoms with van der Waals surface area (Å²) in [4.78, 5) is 27.7. The first-order chi connectivity index (χ1) is 16.1. The Bertz CT molecular complexity index is 1040. The van der Waals surface area contributed by atoms with E-state index in [0.29, 0.717) is 24.4 Å². The number of benzene rings is 3. The number of piperidine rings is 1. The first kappa shape index (κ1) is 22.6. The zero-order chi connectivity index (χ0) is 23.0. The molecule has 170 valence electrons. The van der Waals surface area contributed by atoms with Crippen LogP contribution in [0.1, 0.15) is 48.0 Å². The number of hydrogen-bond acceptors (Lipinski definition) is 3. The number of nitrogens with zero attached hydrogens (tertiary/aromatic N) is 1. The van der Waals surface area contributed by atoms with E-state index >= 15 is 0 Å².